The van der Waals surface area contributed by atoms with Gasteiger partial charge in [0, 0.05) is 21.8 Å². The fourth-order valence-corrected chi connectivity index (χ4v) is 3.19. The number of carbonyl (C=O) groups excluding carboxylic acids is 2. The molecule has 0 aliphatic heterocycles. The van der Waals surface area contributed by atoms with Gasteiger partial charge in [-0.05, 0) is 47.9 Å². The van der Waals surface area contributed by atoms with E-state index in [0.29, 0.717) is 27.4 Å². The van der Waals surface area contributed by atoms with E-state index in [0.717, 1.165) is 0 Å². The topological polar surface area (TPSA) is 83.1 Å². The minimum Gasteiger partial charge on any atom is -0.321 e. The molecule has 0 unspecified atom stereocenters. The molecule has 0 bridgehead atoms. The minimum absolute atomic E-state index is 0.236. The van der Waals surface area contributed by atoms with Crippen molar-refractivity contribution >= 4 is 51.4 Å². The number of benzene rings is 2. The third-order valence-electron chi connectivity index (χ3n) is 3.89. The predicted molar refractivity (Wildman–Crippen MR) is 115 cm³/mol. The van der Waals surface area contributed by atoms with Crippen molar-refractivity contribution < 1.29 is 9.59 Å². The third kappa shape index (κ3) is 5.31. The lowest BCUT2D eigenvalue weighted by molar-refractivity contribution is 0.102. The van der Waals surface area contributed by atoms with Crippen molar-refractivity contribution in [3.63, 3.8) is 0 Å². The van der Waals surface area contributed by atoms with Crippen molar-refractivity contribution in [2.24, 2.45) is 0 Å². The van der Waals surface area contributed by atoms with Gasteiger partial charge in [-0.1, -0.05) is 37.6 Å². The smallest absolute Gasteiger partial charge is 0.321 e. The van der Waals surface area contributed by atoms with Gasteiger partial charge in [-0.25, -0.2) is 9.78 Å². The van der Waals surface area contributed by atoms with Gasteiger partial charge in [0.15, 0.2) is 5.13 Å². The molecule has 0 fully saturated rings. The van der Waals surface area contributed by atoms with E-state index in [2.05, 4.69) is 34.8 Å². The van der Waals surface area contributed by atoms with Crippen LogP contribution >= 0.6 is 22.9 Å². The Morgan fingerprint density at radius 2 is 1.54 bits per heavy atom. The summed E-state index contributed by atoms with van der Waals surface area (Å²) in [5, 5.41) is 10.6. The SMILES string of the molecule is CC(C)c1ccc(NC(=O)c2csc(NC(=O)Nc3ccc(Cl)cc3)n2)cc1. The van der Waals surface area contributed by atoms with E-state index in [9.17, 15) is 9.59 Å². The first-order valence-corrected chi connectivity index (χ1v) is 9.87. The van der Waals surface area contributed by atoms with Crippen LogP contribution in [0.25, 0.3) is 0 Å². The molecule has 1 heterocycles. The highest BCUT2D eigenvalue weighted by molar-refractivity contribution is 7.14. The highest BCUT2D eigenvalue weighted by Gasteiger charge is 2.13. The molecular weight excluding hydrogens is 396 g/mol. The Morgan fingerprint density at radius 3 is 2.18 bits per heavy atom. The first kappa shape index (κ1) is 19.9. The number of hydrogen-bond acceptors (Lipinski definition) is 4. The highest BCUT2D eigenvalue weighted by Crippen LogP contribution is 2.20. The molecular formula is C20H19ClN4O2S. The van der Waals surface area contributed by atoms with E-state index in [1.165, 1.54) is 16.9 Å². The van der Waals surface area contributed by atoms with Crippen molar-refractivity contribution in [3.8, 4) is 0 Å². The minimum atomic E-state index is -0.451. The molecule has 3 rings (SSSR count). The molecule has 3 N–H and O–H groups in total. The number of aromatic nitrogens is 1. The van der Waals surface area contributed by atoms with Crippen LogP contribution in [-0.4, -0.2) is 16.9 Å². The fraction of sp³-hybridized carbons (Fsp3) is 0.150. The van der Waals surface area contributed by atoms with Crippen LogP contribution in [0.15, 0.2) is 53.9 Å². The average molecular weight is 415 g/mol. The quantitative estimate of drug-likeness (QED) is 0.492. The summed E-state index contributed by atoms with van der Waals surface area (Å²) in [6.07, 6.45) is 0. The van der Waals surface area contributed by atoms with Crippen molar-refractivity contribution in [2.45, 2.75) is 19.8 Å². The first-order chi connectivity index (χ1) is 13.4. The standard InChI is InChI=1S/C20H19ClN4O2S/c1-12(2)13-3-7-15(8-4-13)22-18(26)17-11-28-20(24-17)25-19(27)23-16-9-5-14(21)6-10-16/h3-12H,1-2H3,(H,22,26)(H2,23,24,25,27). The molecule has 0 radical (unpaired) electrons. The zero-order valence-electron chi connectivity index (χ0n) is 15.3. The summed E-state index contributed by atoms with van der Waals surface area (Å²) in [5.41, 5.74) is 2.73. The average Bonchev–Trinajstić information content (AvgIpc) is 3.12. The third-order valence-corrected chi connectivity index (χ3v) is 4.90. The maximum atomic E-state index is 12.3. The molecule has 3 amide bonds. The van der Waals surface area contributed by atoms with E-state index in [4.69, 9.17) is 11.6 Å². The van der Waals surface area contributed by atoms with Crippen LogP contribution in [0.5, 0.6) is 0 Å². The predicted octanol–water partition coefficient (Wildman–Crippen LogP) is 5.82. The molecule has 8 heteroatoms. The van der Waals surface area contributed by atoms with Gasteiger partial charge in [-0.3, -0.25) is 10.1 Å². The van der Waals surface area contributed by atoms with Crippen molar-refractivity contribution in [3.05, 3.63) is 70.2 Å². The van der Waals surface area contributed by atoms with Crippen molar-refractivity contribution in [1.82, 2.24) is 4.98 Å². The number of halogens is 1. The van der Waals surface area contributed by atoms with E-state index >= 15 is 0 Å². The summed E-state index contributed by atoms with van der Waals surface area (Å²) in [6, 6.07) is 14.0. The van der Waals surface area contributed by atoms with Gasteiger partial charge in [-0.2, -0.15) is 0 Å². The van der Waals surface area contributed by atoms with Crippen molar-refractivity contribution in [1.29, 1.82) is 0 Å². The Hall–Kier alpha value is -2.90. The molecule has 0 spiro atoms. The number of anilines is 3. The fourth-order valence-electron chi connectivity index (χ4n) is 2.37. The molecule has 0 saturated heterocycles. The molecule has 2 aromatic carbocycles. The van der Waals surface area contributed by atoms with Crippen LogP contribution in [0, 0.1) is 0 Å². The number of nitrogens with one attached hydrogen (secondary N) is 3. The van der Waals surface area contributed by atoms with E-state index < -0.39 is 6.03 Å². The molecule has 0 aliphatic carbocycles. The van der Waals surface area contributed by atoms with Gasteiger partial charge >= 0.3 is 6.03 Å². The second-order valence-corrected chi connectivity index (χ2v) is 7.65. The Kier molecular flexibility index (Phi) is 6.28. The van der Waals surface area contributed by atoms with E-state index in [-0.39, 0.29) is 11.6 Å². The van der Waals surface area contributed by atoms with Crippen LogP contribution in [0.4, 0.5) is 21.3 Å². The van der Waals surface area contributed by atoms with Gasteiger partial charge in [0.1, 0.15) is 5.69 Å². The first-order valence-electron chi connectivity index (χ1n) is 8.61. The van der Waals surface area contributed by atoms with Gasteiger partial charge in [-0.15, -0.1) is 11.3 Å². The zero-order valence-corrected chi connectivity index (χ0v) is 16.9. The van der Waals surface area contributed by atoms with Crippen LogP contribution < -0.4 is 16.0 Å². The number of hydrogen-bond donors (Lipinski definition) is 3. The Morgan fingerprint density at radius 1 is 0.929 bits per heavy atom. The van der Waals surface area contributed by atoms with Crippen LogP contribution in [0.2, 0.25) is 5.02 Å². The summed E-state index contributed by atoms with van der Waals surface area (Å²) in [7, 11) is 0. The van der Waals surface area contributed by atoms with Gasteiger partial charge < -0.3 is 10.6 Å². The molecule has 28 heavy (non-hydrogen) atoms. The summed E-state index contributed by atoms with van der Waals surface area (Å²) in [4.78, 5) is 28.5. The number of thiazole rings is 1. The normalized spacial score (nSPS) is 10.6. The van der Waals surface area contributed by atoms with Crippen LogP contribution in [-0.2, 0) is 0 Å². The molecule has 0 saturated carbocycles. The van der Waals surface area contributed by atoms with Gasteiger partial charge in [0.2, 0.25) is 0 Å². The highest BCUT2D eigenvalue weighted by atomic mass is 35.5. The summed E-state index contributed by atoms with van der Waals surface area (Å²) in [5.74, 6) is 0.0932. The number of nitrogens with zero attached hydrogens (tertiary/aromatic N) is 1. The van der Waals surface area contributed by atoms with Crippen molar-refractivity contribution in [2.75, 3.05) is 16.0 Å². The molecule has 6 nitrogen and oxygen atoms in total. The summed E-state index contributed by atoms with van der Waals surface area (Å²) >= 11 is 6.99. The van der Waals surface area contributed by atoms with Gasteiger partial charge in [0.05, 0.1) is 0 Å². The summed E-state index contributed by atoms with van der Waals surface area (Å²) < 4.78 is 0. The second-order valence-electron chi connectivity index (χ2n) is 6.35. The maximum absolute atomic E-state index is 12.3. The maximum Gasteiger partial charge on any atom is 0.325 e. The molecule has 0 atom stereocenters. The second kappa shape index (κ2) is 8.86. The zero-order chi connectivity index (χ0) is 20.1. The Balaban J connectivity index is 1.57. The molecule has 3 aromatic rings. The molecule has 144 valence electrons. The lowest BCUT2D eigenvalue weighted by atomic mass is 10.0. The number of rotatable bonds is 5. The molecule has 0 aliphatic rings. The van der Waals surface area contributed by atoms with E-state index in [1.807, 2.05) is 24.3 Å². The lowest BCUT2D eigenvalue weighted by Crippen LogP contribution is -2.19. The van der Waals surface area contributed by atoms with Gasteiger partial charge in [0.25, 0.3) is 5.91 Å². The Labute approximate surface area is 172 Å². The van der Waals surface area contributed by atoms with Crippen LogP contribution in [0.1, 0.15) is 35.8 Å². The van der Waals surface area contributed by atoms with E-state index in [1.54, 1.807) is 29.6 Å². The largest absolute Gasteiger partial charge is 0.325 e. The Bertz CT molecular complexity index is 969. The number of amides is 3. The monoisotopic (exact) mass is 414 g/mol. The number of urea groups is 1. The number of carbonyl (C=O) groups is 2. The summed E-state index contributed by atoms with van der Waals surface area (Å²) in [6.45, 7) is 4.22. The lowest BCUT2D eigenvalue weighted by Gasteiger charge is -2.07. The van der Waals surface area contributed by atoms with Crippen LogP contribution in [0.3, 0.4) is 0 Å². The molecule has 1 aromatic heterocycles.